The molecule has 0 amide bonds. The number of rotatable bonds is 5. The van der Waals surface area contributed by atoms with E-state index in [0.717, 1.165) is 38.5 Å². The molecule has 8 saturated carbocycles. The minimum atomic E-state index is -4.64. The van der Waals surface area contributed by atoms with Gasteiger partial charge in [-0.1, -0.05) is 0 Å². The van der Waals surface area contributed by atoms with Crippen LogP contribution in [-0.4, -0.2) is 42.7 Å². The van der Waals surface area contributed by atoms with Gasteiger partial charge >= 0.3 is 18.1 Å². The van der Waals surface area contributed by atoms with E-state index in [9.17, 15) is 12.6 Å². The molecule has 8 bridgehead atoms. The fourth-order valence-electron chi connectivity index (χ4n) is 9.80. The van der Waals surface area contributed by atoms with Crippen LogP contribution in [0.3, 0.4) is 0 Å². The maximum Gasteiger partial charge on any atom is 0.466 e. The third-order valence-electron chi connectivity index (χ3n) is 9.30. The molecule has 14 heteroatoms. The van der Waals surface area contributed by atoms with Gasteiger partial charge in [-0.2, -0.15) is 12.7 Å². The Morgan fingerprint density at radius 1 is 0.735 bits per heavy atom. The van der Waals surface area contributed by atoms with Crippen LogP contribution in [0.4, 0.5) is 0 Å². The van der Waals surface area contributed by atoms with Crippen molar-refractivity contribution in [3.05, 3.63) is 0 Å². The zero-order valence-corrected chi connectivity index (χ0v) is 21.6. The Morgan fingerprint density at radius 3 is 1.18 bits per heavy atom. The van der Waals surface area contributed by atoms with E-state index in [1.165, 1.54) is 38.5 Å². The molecule has 8 fully saturated rings. The molecule has 6 N–H and O–H groups in total. The molecular weight excluding hydrogens is 505 g/mol. The number of nitrogens with zero attached hydrogens (tertiary/aromatic N) is 1. The second-order valence-electron chi connectivity index (χ2n) is 12.1. The summed E-state index contributed by atoms with van der Waals surface area (Å²) in [6.07, 6.45) is 13.0. The molecule has 0 aromatic rings. The van der Waals surface area contributed by atoms with E-state index in [1.807, 2.05) is 4.31 Å². The van der Waals surface area contributed by atoms with E-state index in [0.29, 0.717) is 35.5 Å². The Hall–Kier alpha value is -0.110. The van der Waals surface area contributed by atoms with Gasteiger partial charge in [-0.05, 0) is 113 Å². The highest BCUT2D eigenvalue weighted by Crippen LogP contribution is 2.65. The molecule has 0 spiro atoms. The molecule has 11 nitrogen and oxygen atoms in total. The Morgan fingerprint density at radius 2 is 0.971 bits per heavy atom. The average molecular weight is 542 g/mol. The summed E-state index contributed by atoms with van der Waals surface area (Å²) in [5.74, 6) is 3.68. The largest absolute Gasteiger partial charge is 0.466 e. The van der Waals surface area contributed by atoms with Gasteiger partial charge in [-0.3, -0.25) is 0 Å². The lowest BCUT2D eigenvalue weighted by Gasteiger charge is -2.67. The number of hydrogen-bond donors (Lipinski definition) is 5. The van der Waals surface area contributed by atoms with E-state index < -0.39 is 28.3 Å². The van der Waals surface area contributed by atoms with Crippen molar-refractivity contribution in [2.45, 2.75) is 88.1 Å². The SMILES string of the molecule is N=S(=O)(OS(N)(=O)=O)N(C12CC3CC(CC(C3)C1)C2)C12CC3CC(CC(C3)C1)C2.O=P(O)(O)O. The van der Waals surface area contributed by atoms with Crippen molar-refractivity contribution in [3.8, 4) is 0 Å². The molecule has 8 aliphatic carbocycles. The van der Waals surface area contributed by atoms with Crippen LogP contribution in [0.1, 0.15) is 77.0 Å². The molecule has 34 heavy (non-hydrogen) atoms. The minimum absolute atomic E-state index is 0.357. The van der Waals surface area contributed by atoms with Crippen molar-refractivity contribution in [2.75, 3.05) is 0 Å². The number of nitrogens with one attached hydrogen (secondary N) is 1. The number of hydrogen-bond acceptors (Lipinski definition) is 6. The molecule has 1 unspecified atom stereocenters. The van der Waals surface area contributed by atoms with Gasteiger partial charge in [0, 0.05) is 11.1 Å². The molecule has 0 radical (unpaired) electrons. The first-order valence-electron chi connectivity index (χ1n) is 12.2. The average Bonchev–Trinajstić information content (AvgIpc) is 2.54. The van der Waals surface area contributed by atoms with Crippen LogP contribution in [0.25, 0.3) is 0 Å². The van der Waals surface area contributed by atoms with Crippen molar-refractivity contribution in [1.82, 2.24) is 4.31 Å². The van der Waals surface area contributed by atoms with Crippen LogP contribution in [0.2, 0.25) is 0 Å². The van der Waals surface area contributed by atoms with Gasteiger partial charge in [0.25, 0.3) is 0 Å². The fourth-order valence-corrected chi connectivity index (χ4v) is 12.5. The number of phosphoric acid groups is 1. The zero-order chi connectivity index (χ0) is 24.7. The third kappa shape index (κ3) is 5.02. The Kier molecular flexibility index (Phi) is 6.15. The van der Waals surface area contributed by atoms with E-state index in [4.69, 9.17) is 32.8 Å². The molecule has 0 aliphatic heterocycles. The molecule has 1 atom stereocenters. The van der Waals surface area contributed by atoms with E-state index in [2.05, 4.69) is 0 Å². The number of nitrogens with two attached hydrogens (primary N) is 1. The van der Waals surface area contributed by atoms with Crippen molar-refractivity contribution < 1.29 is 35.5 Å². The molecule has 0 aromatic heterocycles. The van der Waals surface area contributed by atoms with Gasteiger partial charge < -0.3 is 14.7 Å². The molecule has 196 valence electrons. The quantitative estimate of drug-likeness (QED) is 0.328. The van der Waals surface area contributed by atoms with Crippen LogP contribution in [0, 0.1) is 40.3 Å². The van der Waals surface area contributed by atoms with Crippen LogP contribution >= 0.6 is 7.82 Å². The third-order valence-corrected chi connectivity index (χ3v) is 12.1. The summed E-state index contributed by atoms with van der Waals surface area (Å²) in [4.78, 5) is 21.6. The van der Waals surface area contributed by atoms with Gasteiger partial charge in [-0.15, -0.1) is 3.63 Å². The summed E-state index contributed by atoms with van der Waals surface area (Å²) in [7, 11) is -13.1. The first kappa shape index (κ1) is 25.5. The minimum Gasteiger partial charge on any atom is -0.303 e. The van der Waals surface area contributed by atoms with Crippen molar-refractivity contribution in [3.63, 3.8) is 0 Å². The fraction of sp³-hybridized carbons (Fsp3) is 1.00. The van der Waals surface area contributed by atoms with E-state index >= 15 is 0 Å². The maximum absolute atomic E-state index is 13.8. The van der Waals surface area contributed by atoms with Crippen molar-refractivity contribution in [1.29, 1.82) is 4.78 Å². The summed E-state index contributed by atoms with van der Waals surface area (Å²) in [6.45, 7) is 0. The van der Waals surface area contributed by atoms with Gasteiger partial charge in [0.15, 0.2) is 0 Å². The summed E-state index contributed by atoms with van der Waals surface area (Å²) in [6, 6.07) is 0. The monoisotopic (exact) mass is 541 g/mol. The highest BCUT2D eigenvalue weighted by atomic mass is 32.3. The van der Waals surface area contributed by atoms with Gasteiger partial charge in [0.2, 0.25) is 10.2 Å². The highest BCUT2D eigenvalue weighted by molar-refractivity contribution is 7.98. The van der Waals surface area contributed by atoms with Gasteiger partial charge in [0.1, 0.15) is 0 Å². The lowest BCUT2D eigenvalue weighted by molar-refractivity contribution is -0.138. The summed E-state index contributed by atoms with van der Waals surface area (Å²) < 4.78 is 62.0. The van der Waals surface area contributed by atoms with Crippen LogP contribution in [0.5, 0.6) is 0 Å². The lowest BCUT2D eigenvalue weighted by Crippen LogP contribution is -2.71. The lowest BCUT2D eigenvalue weighted by atomic mass is 9.49. The van der Waals surface area contributed by atoms with Crippen molar-refractivity contribution in [2.24, 2.45) is 40.6 Å². The van der Waals surface area contributed by atoms with E-state index in [1.54, 1.807) is 0 Å². The summed E-state index contributed by atoms with van der Waals surface area (Å²) >= 11 is 0. The Bertz CT molecular complexity index is 966. The summed E-state index contributed by atoms with van der Waals surface area (Å²) in [5, 5.41) is 5.17. The first-order chi connectivity index (χ1) is 15.5. The maximum atomic E-state index is 13.8. The van der Waals surface area contributed by atoms with Gasteiger partial charge in [0.05, 0.1) is 0 Å². The Balaban J connectivity index is 0.000000439. The molecule has 8 aliphatic rings. The van der Waals surface area contributed by atoms with Gasteiger partial charge in [-0.25, -0.2) is 18.7 Å². The smallest absolute Gasteiger partial charge is 0.303 e. The highest BCUT2D eigenvalue weighted by Gasteiger charge is 2.65. The Labute approximate surface area is 201 Å². The molecular formula is C20H36N3O8PS2. The first-order valence-corrected chi connectivity index (χ1v) is 16.6. The second kappa shape index (κ2) is 8.19. The molecule has 0 aromatic carbocycles. The van der Waals surface area contributed by atoms with E-state index in [-0.39, 0.29) is 11.1 Å². The van der Waals surface area contributed by atoms with Crippen molar-refractivity contribution >= 4 is 28.3 Å². The normalized spacial score (nSPS) is 46.3. The van der Waals surface area contributed by atoms with Crippen LogP contribution in [-0.2, 0) is 28.7 Å². The van der Waals surface area contributed by atoms with Crippen LogP contribution in [0.15, 0.2) is 0 Å². The standard InChI is InChI=1S/C20H33N3O4S2.H3O4P/c21-28(24,27-29(22,25)26)23(19-7-13-1-14(8-19)3-15(2-13)9-19)20-10-16-4-17(11-20)6-18(5-16)12-20;1-5(2,3)4/h13-18,21H,1-12H2,(H2,22,25,26);(H3,1,2,3,4). The predicted octanol–water partition coefficient (Wildman–Crippen LogP) is 2.39. The molecule has 0 heterocycles. The van der Waals surface area contributed by atoms with Crippen LogP contribution < -0.4 is 5.14 Å². The second-order valence-corrected chi connectivity index (χ2v) is 16.0. The topological polar surface area (TPSA) is 191 Å². The zero-order valence-electron chi connectivity index (χ0n) is 19.1. The predicted molar refractivity (Wildman–Crippen MR) is 123 cm³/mol. The molecule has 0 saturated heterocycles. The summed E-state index contributed by atoms with van der Waals surface area (Å²) in [5.41, 5.74) is -0.714. The molecule has 8 rings (SSSR count).